The molecule has 1 N–H and O–H groups in total. The zero-order valence-electron chi connectivity index (χ0n) is 8.50. The highest BCUT2D eigenvalue weighted by Gasteiger charge is 2.09. The van der Waals surface area contributed by atoms with Crippen molar-refractivity contribution in [3.8, 4) is 0 Å². The molecule has 4 nitrogen and oxygen atoms in total. The molecule has 4 heteroatoms. The molecule has 0 bridgehead atoms. The molecule has 1 aliphatic rings. The standard InChI is InChI=1S/C10H18N2O2/c1-2-3-10(13)11-4-5-12-6-8-14-9-7-12/h2H,1,3-9H2,(H,11,13). The Kier molecular flexibility index (Phi) is 5.25. The van der Waals surface area contributed by atoms with E-state index in [4.69, 9.17) is 4.74 Å². The Morgan fingerprint density at radius 1 is 1.50 bits per heavy atom. The molecule has 14 heavy (non-hydrogen) atoms. The first-order valence-corrected chi connectivity index (χ1v) is 5.00. The van der Waals surface area contributed by atoms with E-state index in [1.165, 1.54) is 0 Å². The molecule has 0 aliphatic carbocycles. The molecule has 1 rings (SSSR count). The summed E-state index contributed by atoms with van der Waals surface area (Å²) >= 11 is 0. The maximum Gasteiger partial charge on any atom is 0.223 e. The largest absolute Gasteiger partial charge is 0.379 e. The van der Waals surface area contributed by atoms with Crippen LogP contribution >= 0.6 is 0 Å². The highest BCUT2D eigenvalue weighted by atomic mass is 16.5. The molecule has 80 valence electrons. The van der Waals surface area contributed by atoms with Gasteiger partial charge >= 0.3 is 0 Å². The number of hydrogen-bond acceptors (Lipinski definition) is 3. The van der Waals surface area contributed by atoms with Crippen LogP contribution in [0.1, 0.15) is 6.42 Å². The van der Waals surface area contributed by atoms with Gasteiger partial charge in [0.05, 0.1) is 13.2 Å². The third-order valence-electron chi connectivity index (χ3n) is 2.18. The molecule has 0 unspecified atom stereocenters. The van der Waals surface area contributed by atoms with Crippen molar-refractivity contribution in [2.75, 3.05) is 39.4 Å². The molecule has 0 radical (unpaired) electrons. The number of morpholine rings is 1. The summed E-state index contributed by atoms with van der Waals surface area (Å²) in [5.41, 5.74) is 0. The maximum atomic E-state index is 11.1. The number of carbonyl (C=O) groups is 1. The normalized spacial score (nSPS) is 17.7. The maximum absolute atomic E-state index is 11.1. The van der Waals surface area contributed by atoms with E-state index in [1.54, 1.807) is 6.08 Å². The van der Waals surface area contributed by atoms with Crippen LogP contribution in [-0.4, -0.2) is 50.2 Å². The van der Waals surface area contributed by atoms with Crippen molar-refractivity contribution < 1.29 is 9.53 Å². The summed E-state index contributed by atoms with van der Waals surface area (Å²) in [6.07, 6.45) is 2.02. The lowest BCUT2D eigenvalue weighted by Crippen LogP contribution is -2.41. The number of amides is 1. The summed E-state index contributed by atoms with van der Waals surface area (Å²) in [4.78, 5) is 13.3. The summed E-state index contributed by atoms with van der Waals surface area (Å²) in [5.74, 6) is 0.0493. The molecule has 1 saturated heterocycles. The first-order valence-electron chi connectivity index (χ1n) is 5.00. The topological polar surface area (TPSA) is 41.6 Å². The van der Waals surface area contributed by atoms with Crippen LogP contribution in [0.25, 0.3) is 0 Å². The average Bonchev–Trinajstić information content (AvgIpc) is 2.20. The van der Waals surface area contributed by atoms with Crippen LogP contribution in [0.4, 0.5) is 0 Å². The SMILES string of the molecule is C=CCC(=O)NCCN1CCOCC1. The van der Waals surface area contributed by atoms with E-state index in [0.717, 1.165) is 32.8 Å². The minimum Gasteiger partial charge on any atom is -0.379 e. The smallest absolute Gasteiger partial charge is 0.223 e. The molecular formula is C10H18N2O2. The van der Waals surface area contributed by atoms with E-state index in [-0.39, 0.29) is 5.91 Å². The molecule has 0 aromatic rings. The first kappa shape index (κ1) is 11.2. The van der Waals surface area contributed by atoms with Crippen LogP contribution in [0.3, 0.4) is 0 Å². The second-order valence-electron chi connectivity index (χ2n) is 3.30. The third-order valence-corrected chi connectivity index (χ3v) is 2.18. The van der Waals surface area contributed by atoms with Crippen LogP contribution < -0.4 is 5.32 Å². The zero-order chi connectivity index (χ0) is 10.2. The van der Waals surface area contributed by atoms with Gasteiger partial charge in [-0.05, 0) is 0 Å². The predicted molar refractivity (Wildman–Crippen MR) is 55.1 cm³/mol. The van der Waals surface area contributed by atoms with Crippen LogP contribution in [0, 0.1) is 0 Å². The Bertz CT molecular complexity index is 189. The van der Waals surface area contributed by atoms with Crippen molar-refractivity contribution in [2.45, 2.75) is 6.42 Å². The fourth-order valence-electron chi connectivity index (χ4n) is 1.38. The van der Waals surface area contributed by atoms with Crippen LogP contribution in [0.15, 0.2) is 12.7 Å². The van der Waals surface area contributed by atoms with Crippen LogP contribution in [0.5, 0.6) is 0 Å². The highest BCUT2D eigenvalue weighted by Crippen LogP contribution is 1.94. The van der Waals surface area contributed by atoms with Gasteiger partial charge in [-0.3, -0.25) is 9.69 Å². The predicted octanol–water partition coefficient (Wildman–Crippen LogP) is 0.0109. The molecule has 1 aliphatic heterocycles. The molecule has 1 heterocycles. The monoisotopic (exact) mass is 198 g/mol. The molecular weight excluding hydrogens is 180 g/mol. The van der Waals surface area contributed by atoms with Gasteiger partial charge in [-0.15, -0.1) is 6.58 Å². The number of hydrogen-bond donors (Lipinski definition) is 1. The Labute approximate surface area is 84.9 Å². The Morgan fingerprint density at radius 3 is 2.86 bits per heavy atom. The van der Waals surface area contributed by atoms with Crippen LogP contribution in [0.2, 0.25) is 0 Å². The second kappa shape index (κ2) is 6.56. The van der Waals surface area contributed by atoms with Crippen molar-refractivity contribution in [1.82, 2.24) is 10.2 Å². The van der Waals surface area contributed by atoms with Gasteiger partial charge < -0.3 is 10.1 Å². The molecule has 0 aromatic carbocycles. The molecule has 1 amide bonds. The lowest BCUT2D eigenvalue weighted by atomic mass is 10.4. The number of nitrogens with zero attached hydrogens (tertiary/aromatic N) is 1. The number of ether oxygens (including phenoxy) is 1. The van der Waals surface area contributed by atoms with Gasteiger partial charge in [-0.2, -0.15) is 0 Å². The van der Waals surface area contributed by atoms with E-state index in [1.807, 2.05) is 0 Å². The first-order chi connectivity index (χ1) is 6.83. The van der Waals surface area contributed by atoms with Gasteiger partial charge in [-0.1, -0.05) is 6.08 Å². The fourth-order valence-corrected chi connectivity index (χ4v) is 1.38. The van der Waals surface area contributed by atoms with Gasteiger partial charge in [0, 0.05) is 32.6 Å². The molecule has 1 fully saturated rings. The van der Waals surface area contributed by atoms with Crippen molar-refractivity contribution in [3.63, 3.8) is 0 Å². The van der Waals surface area contributed by atoms with Gasteiger partial charge in [0.1, 0.15) is 0 Å². The fraction of sp³-hybridized carbons (Fsp3) is 0.700. The number of rotatable bonds is 5. The van der Waals surface area contributed by atoms with Gasteiger partial charge in [-0.25, -0.2) is 0 Å². The highest BCUT2D eigenvalue weighted by molar-refractivity contribution is 5.77. The van der Waals surface area contributed by atoms with E-state index < -0.39 is 0 Å². The van der Waals surface area contributed by atoms with Crippen molar-refractivity contribution >= 4 is 5.91 Å². The lowest BCUT2D eigenvalue weighted by Gasteiger charge is -2.26. The Morgan fingerprint density at radius 2 is 2.21 bits per heavy atom. The van der Waals surface area contributed by atoms with Crippen LogP contribution in [-0.2, 0) is 9.53 Å². The van der Waals surface area contributed by atoms with Gasteiger partial charge in [0.25, 0.3) is 0 Å². The second-order valence-corrected chi connectivity index (χ2v) is 3.30. The Balaban J connectivity index is 2.02. The molecule has 0 spiro atoms. The summed E-state index contributed by atoms with van der Waals surface area (Å²) in [5, 5.41) is 2.84. The number of carbonyl (C=O) groups excluding carboxylic acids is 1. The van der Waals surface area contributed by atoms with Gasteiger partial charge in [0.15, 0.2) is 0 Å². The van der Waals surface area contributed by atoms with Crippen molar-refractivity contribution in [3.05, 3.63) is 12.7 Å². The van der Waals surface area contributed by atoms with E-state index in [9.17, 15) is 4.79 Å². The van der Waals surface area contributed by atoms with E-state index in [2.05, 4.69) is 16.8 Å². The quantitative estimate of drug-likeness (QED) is 0.633. The van der Waals surface area contributed by atoms with E-state index in [0.29, 0.717) is 13.0 Å². The summed E-state index contributed by atoms with van der Waals surface area (Å²) in [7, 11) is 0. The summed E-state index contributed by atoms with van der Waals surface area (Å²) in [6, 6.07) is 0. The summed E-state index contributed by atoms with van der Waals surface area (Å²) in [6.45, 7) is 8.69. The number of nitrogens with one attached hydrogen (secondary N) is 1. The zero-order valence-corrected chi connectivity index (χ0v) is 8.50. The lowest BCUT2D eigenvalue weighted by molar-refractivity contribution is -0.120. The van der Waals surface area contributed by atoms with Gasteiger partial charge in [0.2, 0.25) is 5.91 Å². The van der Waals surface area contributed by atoms with Crippen molar-refractivity contribution in [2.24, 2.45) is 0 Å². The minimum atomic E-state index is 0.0493. The minimum absolute atomic E-state index is 0.0493. The van der Waals surface area contributed by atoms with Crippen molar-refractivity contribution in [1.29, 1.82) is 0 Å². The Hall–Kier alpha value is -0.870. The molecule has 0 aromatic heterocycles. The van der Waals surface area contributed by atoms with E-state index >= 15 is 0 Å². The third kappa shape index (κ3) is 4.39. The summed E-state index contributed by atoms with van der Waals surface area (Å²) < 4.78 is 5.22. The molecule has 0 atom stereocenters. The average molecular weight is 198 g/mol. The molecule has 0 saturated carbocycles.